The first-order valence-electron chi connectivity index (χ1n) is 8.11. The van der Waals surface area contributed by atoms with Gasteiger partial charge in [-0.1, -0.05) is 0 Å². The summed E-state index contributed by atoms with van der Waals surface area (Å²) in [5, 5.41) is 2.31. The first kappa shape index (κ1) is 18.5. The lowest BCUT2D eigenvalue weighted by Crippen LogP contribution is -2.18. The fourth-order valence-electron chi connectivity index (χ4n) is 2.85. The van der Waals surface area contributed by atoms with Crippen molar-refractivity contribution in [1.29, 1.82) is 0 Å². The van der Waals surface area contributed by atoms with E-state index in [-0.39, 0.29) is 17.7 Å². The van der Waals surface area contributed by atoms with Gasteiger partial charge in [0.1, 0.15) is 17.3 Å². The van der Waals surface area contributed by atoms with E-state index in [1.54, 1.807) is 22.7 Å². The molecule has 0 spiro atoms. The number of pyridine rings is 1. The maximum atomic E-state index is 14.7. The zero-order chi connectivity index (χ0) is 19.7. The third-order valence-electron chi connectivity index (χ3n) is 4.19. The van der Waals surface area contributed by atoms with Crippen molar-refractivity contribution in [2.75, 3.05) is 14.2 Å². The van der Waals surface area contributed by atoms with Gasteiger partial charge in [-0.3, -0.25) is 9.59 Å². The van der Waals surface area contributed by atoms with Crippen molar-refractivity contribution in [2.45, 2.75) is 13.3 Å². The molecule has 140 valence electrons. The van der Waals surface area contributed by atoms with E-state index >= 15 is 0 Å². The molecule has 0 atom stereocenters. The van der Waals surface area contributed by atoms with Crippen molar-refractivity contribution in [3.05, 3.63) is 58.9 Å². The number of amides is 1. The number of methoxy groups -OCH3 is 1. The SMILES string of the molecule is CNC(=O)c1cc(F)c(-c2nc3cc(C)ccn3c2CC(=O)OC)c(F)c1. The smallest absolute Gasteiger partial charge is 0.311 e. The van der Waals surface area contributed by atoms with Crippen molar-refractivity contribution in [3.8, 4) is 11.3 Å². The van der Waals surface area contributed by atoms with Crippen molar-refractivity contribution in [3.63, 3.8) is 0 Å². The van der Waals surface area contributed by atoms with E-state index in [9.17, 15) is 18.4 Å². The second kappa shape index (κ2) is 7.14. The molecule has 0 radical (unpaired) electrons. The Kier molecular flexibility index (Phi) is 4.89. The van der Waals surface area contributed by atoms with Crippen LogP contribution >= 0.6 is 0 Å². The summed E-state index contributed by atoms with van der Waals surface area (Å²) in [6.07, 6.45) is 1.46. The number of carbonyl (C=O) groups is 2. The highest BCUT2D eigenvalue weighted by Gasteiger charge is 2.24. The van der Waals surface area contributed by atoms with Gasteiger partial charge in [-0.2, -0.15) is 0 Å². The van der Waals surface area contributed by atoms with Gasteiger partial charge in [0.05, 0.1) is 30.5 Å². The molecule has 0 fully saturated rings. The molecule has 0 bridgehead atoms. The van der Waals surface area contributed by atoms with Crippen LogP contribution in [0.2, 0.25) is 0 Å². The second-order valence-corrected chi connectivity index (χ2v) is 5.99. The van der Waals surface area contributed by atoms with E-state index in [2.05, 4.69) is 10.3 Å². The molecule has 3 aromatic rings. The molecule has 3 rings (SSSR count). The molecule has 8 heteroatoms. The molecule has 2 aromatic heterocycles. The largest absolute Gasteiger partial charge is 0.469 e. The fourth-order valence-corrected chi connectivity index (χ4v) is 2.85. The molecular formula is C19H17F2N3O3. The summed E-state index contributed by atoms with van der Waals surface area (Å²) in [5.41, 5.74) is 1.08. The molecule has 0 unspecified atom stereocenters. The van der Waals surface area contributed by atoms with E-state index in [4.69, 9.17) is 4.74 Å². The van der Waals surface area contributed by atoms with Crippen LogP contribution in [0.1, 0.15) is 21.6 Å². The third-order valence-corrected chi connectivity index (χ3v) is 4.19. The molecule has 0 saturated heterocycles. The molecule has 2 heterocycles. The van der Waals surface area contributed by atoms with Crippen LogP contribution in [0.5, 0.6) is 0 Å². The Morgan fingerprint density at radius 3 is 2.48 bits per heavy atom. The molecule has 0 aliphatic heterocycles. The Morgan fingerprint density at radius 2 is 1.89 bits per heavy atom. The fraction of sp³-hybridized carbons (Fsp3) is 0.211. The molecule has 6 nitrogen and oxygen atoms in total. The van der Waals surface area contributed by atoms with Crippen molar-refractivity contribution in [2.24, 2.45) is 0 Å². The number of aryl methyl sites for hydroxylation is 1. The van der Waals surface area contributed by atoms with Gasteiger partial charge in [-0.25, -0.2) is 13.8 Å². The van der Waals surface area contributed by atoms with Gasteiger partial charge < -0.3 is 14.5 Å². The number of nitrogens with one attached hydrogen (secondary N) is 1. The minimum Gasteiger partial charge on any atom is -0.469 e. The second-order valence-electron chi connectivity index (χ2n) is 5.99. The minimum atomic E-state index is -0.945. The Hall–Kier alpha value is -3.29. The number of rotatable bonds is 4. The van der Waals surface area contributed by atoms with Gasteiger partial charge in [0, 0.05) is 18.8 Å². The quantitative estimate of drug-likeness (QED) is 0.714. The molecule has 1 aromatic carbocycles. The van der Waals surface area contributed by atoms with Crippen molar-refractivity contribution >= 4 is 17.5 Å². The van der Waals surface area contributed by atoms with Crippen LogP contribution in [0.15, 0.2) is 30.5 Å². The van der Waals surface area contributed by atoms with Crippen LogP contribution in [-0.2, 0) is 16.0 Å². The van der Waals surface area contributed by atoms with Gasteiger partial charge in [-0.15, -0.1) is 0 Å². The Bertz CT molecular complexity index is 1040. The lowest BCUT2D eigenvalue weighted by Gasteiger charge is -2.08. The summed E-state index contributed by atoms with van der Waals surface area (Å²) in [7, 11) is 2.60. The van der Waals surface area contributed by atoms with E-state index in [1.807, 2.05) is 6.92 Å². The Morgan fingerprint density at radius 1 is 1.22 bits per heavy atom. The average molecular weight is 373 g/mol. The van der Waals surface area contributed by atoms with Gasteiger partial charge in [0.25, 0.3) is 5.91 Å². The van der Waals surface area contributed by atoms with Crippen LogP contribution in [0.25, 0.3) is 16.9 Å². The molecule has 0 aliphatic carbocycles. The van der Waals surface area contributed by atoms with Crippen LogP contribution in [0.3, 0.4) is 0 Å². The number of halogens is 2. The zero-order valence-corrected chi connectivity index (χ0v) is 15.0. The number of benzene rings is 1. The van der Waals surface area contributed by atoms with Crippen molar-refractivity contribution in [1.82, 2.24) is 14.7 Å². The highest BCUT2D eigenvalue weighted by atomic mass is 19.1. The number of fused-ring (bicyclic) bond motifs is 1. The molecule has 1 N–H and O–H groups in total. The summed E-state index contributed by atoms with van der Waals surface area (Å²) >= 11 is 0. The minimum absolute atomic E-state index is 0.00976. The summed E-state index contributed by atoms with van der Waals surface area (Å²) < 4.78 is 35.7. The maximum absolute atomic E-state index is 14.7. The maximum Gasteiger partial charge on any atom is 0.311 e. The Labute approximate surface area is 153 Å². The molecule has 1 amide bonds. The molecular weight excluding hydrogens is 356 g/mol. The summed E-state index contributed by atoms with van der Waals surface area (Å²) in [5.74, 6) is -3.07. The number of hydrogen-bond donors (Lipinski definition) is 1. The number of hydrogen-bond acceptors (Lipinski definition) is 4. The molecule has 0 aliphatic rings. The van der Waals surface area contributed by atoms with Gasteiger partial charge in [0.15, 0.2) is 0 Å². The van der Waals surface area contributed by atoms with E-state index < -0.39 is 29.1 Å². The third kappa shape index (κ3) is 3.38. The first-order chi connectivity index (χ1) is 12.8. The van der Waals surface area contributed by atoms with Gasteiger partial charge in [-0.05, 0) is 36.8 Å². The summed E-state index contributed by atoms with van der Waals surface area (Å²) in [6.45, 7) is 1.85. The van der Waals surface area contributed by atoms with Crippen LogP contribution in [0.4, 0.5) is 8.78 Å². The topological polar surface area (TPSA) is 72.7 Å². The van der Waals surface area contributed by atoms with Gasteiger partial charge in [0.2, 0.25) is 0 Å². The number of imidazole rings is 1. The predicted octanol–water partition coefficient (Wildman–Crippen LogP) is 2.66. The number of esters is 1. The average Bonchev–Trinajstić information content (AvgIpc) is 2.97. The first-order valence-corrected chi connectivity index (χ1v) is 8.11. The van der Waals surface area contributed by atoms with E-state index in [0.29, 0.717) is 11.3 Å². The molecule has 27 heavy (non-hydrogen) atoms. The molecule has 0 saturated carbocycles. The number of ether oxygens (including phenoxy) is 1. The van der Waals surface area contributed by atoms with Crippen LogP contribution < -0.4 is 5.32 Å². The highest BCUT2D eigenvalue weighted by Crippen LogP contribution is 2.31. The van der Waals surface area contributed by atoms with Gasteiger partial charge >= 0.3 is 5.97 Å². The van der Waals surface area contributed by atoms with Crippen LogP contribution in [-0.4, -0.2) is 35.4 Å². The highest BCUT2D eigenvalue weighted by molar-refractivity contribution is 5.94. The van der Waals surface area contributed by atoms with Crippen LogP contribution in [0, 0.1) is 18.6 Å². The number of nitrogens with zero attached hydrogens (tertiary/aromatic N) is 2. The predicted molar refractivity (Wildman–Crippen MR) is 94.4 cm³/mol. The zero-order valence-electron chi connectivity index (χ0n) is 15.0. The lowest BCUT2D eigenvalue weighted by atomic mass is 10.0. The van der Waals surface area contributed by atoms with E-state index in [0.717, 1.165) is 17.7 Å². The van der Waals surface area contributed by atoms with E-state index in [1.165, 1.54) is 14.2 Å². The number of carbonyl (C=O) groups excluding carboxylic acids is 2. The lowest BCUT2D eigenvalue weighted by molar-refractivity contribution is -0.139. The normalized spacial score (nSPS) is 10.9. The van der Waals surface area contributed by atoms with Crippen molar-refractivity contribution < 1.29 is 23.1 Å². The number of aromatic nitrogens is 2. The standard InChI is InChI=1S/C19H17F2N3O3/c1-10-4-5-24-14(9-16(25)27-3)18(23-15(24)6-10)17-12(20)7-11(8-13(17)21)19(26)22-2/h4-8H,9H2,1-3H3,(H,22,26). The Balaban J connectivity index is 2.26. The monoisotopic (exact) mass is 373 g/mol. The summed E-state index contributed by atoms with van der Waals surface area (Å²) in [6, 6.07) is 5.41. The summed E-state index contributed by atoms with van der Waals surface area (Å²) in [4.78, 5) is 27.8.